The van der Waals surface area contributed by atoms with E-state index in [0.29, 0.717) is 0 Å². The minimum atomic E-state index is 0.914. The molecule has 1 aromatic heterocycles. The van der Waals surface area contributed by atoms with Crippen molar-refractivity contribution < 1.29 is 0 Å². The maximum Gasteiger partial charge on any atom is 0.112 e. The zero-order chi connectivity index (χ0) is 6.10. The summed E-state index contributed by atoms with van der Waals surface area (Å²) < 4.78 is 0. The van der Waals surface area contributed by atoms with Crippen LogP contribution in [0.15, 0.2) is 24.3 Å². The Labute approximate surface area is 51.7 Å². The summed E-state index contributed by atoms with van der Waals surface area (Å²) >= 11 is 0. The molecular formula is C6H5N3. The Kier molecular flexibility index (Phi) is 0.773. The Morgan fingerprint density at radius 3 is 2.11 bits per heavy atom. The number of aromatic nitrogens is 3. The molecule has 0 bridgehead atoms. The maximum atomic E-state index is 3.88. The first kappa shape index (κ1) is 4.49. The highest BCUT2D eigenvalue weighted by Crippen LogP contribution is 2.03. The van der Waals surface area contributed by atoms with Gasteiger partial charge in [-0.15, -0.1) is 0 Å². The normalized spacial score (nSPS) is 10.2. The lowest BCUT2D eigenvalue weighted by Crippen LogP contribution is -1.63. The van der Waals surface area contributed by atoms with Crippen molar-refractivity contribution in [3.8, 4) is 0 Å². The fourth-order valence-electron chi connectivity index (χ4n) is 0.786. The van der Waals surface area contributed by atoms with Gasteiger partial charge in [0.15, 0.2) is 0 Å². The summed E-state index contributed by atoms with van der Waals surface area (Å²) in [6, 6.07) is 7.70. The van der Waals surface area contributed by atoms with Crippen LogP contribution in [-0.2, 0) is 0 Å². The summed E-state index contributed by atoms with van der Waals surface area (Å²) in [7, 11) is 0. The van der Waals surface area contributed by atoms with Crippen molar-refractivity contribution in [3.05, 3.63) is 24.3 Å². The quantitative estimate of drug-likeness (QED) is 0.562. The van der Waals surface area contributed by atoms with Gasteiger partial charge >= 0.3 is 0 Å². The molecule has 0 saturated carbocycles. The second kappa shape index (κ2) is 1.55. The van der Waals surface area contributed by atoms with Crippen LogP contribution in [0.4, 0.5) is 0 Å². The minimum absolute atomic E-state index is 0.914. The average Bonchev–Trinajstić information content (AvgIpc) is 2.33. The van der Waals surface area contributed by atoms with Crippen LogP contribution in [-0.4, -0.2) is 15.4 Å². The predicted molar refractivity (Wildman–Crippen MR) is 33.9 cm³/mol. The number of fused-ring (bicyclic) bond motifs is 1. The molecular weight excluding hydrogens is 115 g/mol. The summed E-state index contributed by atoms with van der Waals surface area (Å²) in [5.74, 6) is 0. The van der Waals surface area contributed by atoms with E-state index in [-0.39, 0.29) is 0 Å². The van der Waals surface area contributed by atoms with E-state index in [4.69, 9.17) is 0 Å². The summed E-state index contributed by atoms with van der Waals surface area (Å²) in [6.07, 6.45) is 0. The maximum absolute atomic E-state index is 3.88. The first-order chi connectivity index (χ1) is 4.47. The van der Waals surface area contributed by atoms with Gasteiger partial charge in [0.25, 0.3) is 0 Å². The van der Waals surface area contributed by atoms with Crippen molar-refractivity contribution in [2.45, 2.75) is 0 Å². The fourth-order valence-corrected chi connectivity index (χ4v) is 0.786. The topological polar surface area (TPSA) is 41.6 Å². The van der Waals surface area contributed by atoms with Crippen LogP contribution in [0.2, 0.25) is 0 Å². The van der Waals surface area contributed by atoms with Crippen molar-refractivity contribution in [1.29, 1.82) is 0 Å². The Morgan fingerprint density at radius 1 is 1.00 bits per heavy atom. The molecule has 2 aromatic rings. The second-order valence-corrected chi connectivity index (χ2v) is 1.81. The molecule has 3 nitrogen and oxygen atoms in total. The van der Waals surface area contributed by atoms with E-state index in [1.54, 1.807) is 0 Å². The molecule has 0 aliphatic heterocycles. The molecule has 0 spiro atoms. The summed E-state index contributed by atoms with van der Waals surface area (Å²) in [4.78, 5) is 0. The van der Waals surface area contributed by atoms with Gasteiger partial charge in [0.05, 0.1) is 0 Å². The van der Waals surface area contributed by atoms with Gasteiger partial charge in [-0.25, -0.2) is 0 Å². The monoisotopic (exact) mass is 120 g/mol. The van der Waals surface area contributed by atoms with Crippen LogP contribution in [0.5, 0.6) is 0 Å². The molecule has 3 heteroatoms. The van der Waals surface area contributed by atoms with Crippen LogP contribution >= 0.6 is 0 Å². The second-order valence-electron chi connectivity index (χ2n) is 1.81. The van der Waals surface area contributed by atoms with Crippen LogP contribution in [0.25, 0.3) is 11.0 Å². The van der Waals surface area contributed by atoms with Crippen LogP contribution < -0.4 is 0 Å². The number of hydrogen-bond acceptors (Lipinski definition) is 2. The highest BCUT2D eigenvalue weighted by Gasteiger charge is 1.90. The Balaban J connectivity index is 2.95. The summed E-state index contributed by atoms with van der Waals surface area (Å²) in [6.45, 7) is 0. The number of rotatable bonds is 0. The van der Waals surface area contributed by atoms with Gasteiger partial charge in [0.2, 0.25) is 0 Å². The zero-order valence-corrected chi connectivity index (χ0v) is 4.70. The van der Waals surface area contributed by atoms with Crippen molar-refractivity contribution >= 4 is 11.0 Å². The van der Waals surface area contributed by atoms with Crippen LogP contribution in [0.3, 0.4) is 0 Å². The molecule has 0 unspecified atom stereocenters. The van der Waals surface area contributed by atoms with Crippen LogP contribution in [0, 0.1) is 0 Å². The third-order valence-corrected chi connectivity index (χ3v) is 1.22. The molecule has 0 aliphatic carbocycles. The molecule has 0 saturated heterocycles. The average molecular weight is 120 g/mol. The van der Waals surface area contributed by atoms with Crippen LogP contribution in [0.1, 0.15) is 0 Å². The molecule has 2 rings (SSSR count). The fraction of sp³-hybridized carbons (Fsp3) is 0. The first-order valence-corrected chi connectivity index (χ1v) is 2.72. The Bertz CT molecular complexity index is 282. The van der Waals surface area contributed by atoms with Gasteiger partial charge in [-0.3, -0.25) is 0 Å². The molecule has 1 N–H and O–H groups in total. The van der Waals surface area contributed by atoms with Gasteiger partial charge in [-0.2, -0.15) is 15.4 Å². The third kappa shape index (κ3) is 0.579. The van der Waals surface area contributed by atoms with Gasteiger partial charge in [0, 0.05) is 0 Å². The third-order valence-electron chi connectivity index (χ3n) is 1.22. The lowest BCUT2D eigenvalue weighted by atomic mass is 10.3. The molecule has 0 atom stereocenters. The number of hydrogen-bond donors (Lipinski definition) is 1. The van der Waals surface area contributed by atoms with E-state index in [9.17, 15) is 0 Å². The predicted octanol–water partition coefficient (Wildman–Crippen LogP) is 0.958. The van der Waals surface area contributed by atoms with E-state index in [0.717, 1.165) is 11.0 Å². The molecule has 44 valence electrons. The summed E-state index contributed by atoms with van der Waals surface area (Å²) in [5.41, 5.74) is 1.83. The number of aromatic amines is 1. The summed E-state index contributed by atoms with van der Waals surface area (Å²) in [5, 5.41) is 10.3. The van der Waals surface area contributed by atoms with Gasteiger partial charge in [-0.1, -0.05) is 12.1 Å². The highest BCUT2D eigenvalue weighted by molar-refractivity contribution is 5.72. The largest absolute Gasteiger partial charge is 0.197 e. The SMILES string of the molecule is c1ccc2n[15nH]nc2c1. The van der Waals surface area contributed by atoms with Gasteiger partial charge in [-0.05, 0) is 12.1 Å². The first-order valence-electron chi connectivity index (χ1n) is 2.72. The Hall–Kier alpha value is -1.38. The number of benzene rings is 1. The van der Waals surface area contributed by atoms with E-state index in [2.05, 4.69) is 15.4 Å². The van der Waals surface area contributed by atoms with Crippen molar-refractivity contribution in [2.24, 2.45) is 0 Å². The standard InChI is InChI=1S/C6H5N3/c1-2-4-6-5(3-1)7-9-8-6/h1-4H,(H,7,8,9)/i9+1. The highest BCUT2D eigenvalue weighted by atomic mass is 15.8. The van der Waals surface area contributed by atoms with Crippen molar-refractivity contribution in [3.63, 3.8) is 0 Å². The molecule has 1 heterocycles. The number of nitrogens with one attached hydrogen (secondary N) is 1. The molecule has 1 aromatic carbocycles. The van der Waals surface area contributed by atoms with Crippen molar-refractivity contribution in [1.82, 2.24) is 15.4 Å². The van der Waals surface area contributed by atoms with E-state index >= 15 is 0 Å². The lowest BCUT2D eigenvalue weighted by Gasteiger charge is -1.78. The zero-order valence-electron chi connectivity index (χ0n) is 4.70. The molecule has 0 radical (unpaired) electrons. The van der Waals surface area contributed by atoms with E-state index < -0.39 is 0 Å². The minimum Gasteiger partial charge on any atom is -0.197 e. The molecule has 0 amide bonds. The van der Waals surface area contributed by atoms with E-state index in [1.807, 2.05) is 24.3 Å². The number of H-pyrrole nitrogens is 1. The van der Waals surface area contributed by atoms with Gasteiger partial charge < -0.3 is 0 Å². The molecule has 9 heavy (non-hydrogen) atoms. The van der Waals surface area contributed by atoms with Gasteiger partial charge in [0.1, 0.15) is 11.0 Å². The number of nitrogens with zero attached hydrogens (tertiary/aromatic N) is 2. The molecule has 0 fully saturated rings. The van der Waals surface area contributed by atoms with E-state index in [1.165, 1.54) is 0 Å². The molecule has 0 aliphatic rings. The Morgan fingerprint density at radius 2 is 1.56 bits per heavy atom. The smallest absolute Gasteiger partial charge is 0.112 e. The number of para-hydroxylation sites is 2. The van der Waals surface area contributed by atoms with Crippen molar-refractivity contribution in [2.75, 3.05) is 0 Å². The lowest BCUT2D eigenvalue weighted by molar-refractivity contribution is 0.959.